The van der Waals surface area contributed by atoms with Crippen molar-refractivity contribution in [1.29, 1.82) is 0 Å². The second kappa shape index (κ2) is 8.00. The van der Waals surface area contributed by atoms with Crippen LogP contribution in [0.1, 0.15) is 33.1 Å². The summed E-state index contributed by atoms with van der Waals surface area (Å²) in [4.78, 5) is 0. The van der Waals surface area contributed by atoms with Gasteiger partial charge in [0.05, 0.1) is 6.10 Å². The highest BCUT2D eigenvalue weighted by Crippen LogP contribution is 2.10. The van der Waals surface area contributed by atoms with Crippen LogP contribution in [-0.4, -0.2) is 39.2 Å². The molecule has 0 rings (SSSR count). The van der Waals surface area contributed by atoms with Gasteiger partial charge < -0.3 is 4.74 Å². The van der Waals surface area contributed by atoms with Crippen molar-refractivity contribution >= 4 is 9.84 Å². The Morgan fingerprint density at radius 2 is 2.00 bits per heavy atom. The summed E-state index contributed by atoms with van der Waals surface area (Å²) in [5.41, 5.74) is 2.70. The molecular formula is C10H24N2O3S. The summed E-state index contributed by atoms with van der Waals surface area (Å²) in [5, 5.41) is 0. The predicted molar refractivity (Wildman–Crippen MR) is 65.8 cm³/mol. The van der Waals surface area contributed by atoms with Gasteiger partial charge in [-0.25, -0.2) is 8.42 Å². The summed E-state index contributed by atoms with van der Waals surface area (Å²) < 4.78 is 27.5. The van der Waals surface area contributed by atoms with Crippen molar-refractivity contribution < 1.29 is 13.2 Å². The molecule has 0 aromatic heterocycles. The minimum atomic E-state index is -2.88. The molecule has 0 aliphatic carbocycles. The van der Waals surface area contributed by atoms with E-state index in [1.165, 1.54) is 6.26 Å². The molecule has 0 aliphatic rings. The van der Waals surface area contributed by atoms with Crippen molar-refractivity contribution in [2.45, 2.75) is 45.3 Å². The Kier molecular flexibility index (Phi) is 7.91. The second-order valence-electron chi connectivity index (χ2n) is 3.95. The highest BCUT2D eigenvalue weighted by molar-refractivity contribution is 7.90. The van der Waals surface area contributed by atoms with E-state index in [4.69, 9.17) is 10.6 Å². The summed E-state index contributed by atoms with van der Waals surface area (Å²) in [5.74, 6) is 5.65. The molecule has 0 saturated heterocycles. The first-order valence-corrected chi connectivity index (χ1v) is 7.76. The molecule has 0 bridgehead atoms. The van der Waals surface area contributed by atoms with Gasteiger partial charge in [-0.05, 0) is 26.2 Å². The molecule has 0 amide bonds. The summed E-state index contributed by atoms with van der Waals surface area (Å²) in [7, 11) is -2.88. The van der Waals surface area contributed by atoms with E-state index in [2.05, 4.69) is 5.43 Å². The number of nitrogens with one attached hydrogen (secondary N) is 1. The van der Waals surface area contributed by atoms with Crippen molar-refractivity contribution in [3.05, 3.63) is 0 Å². The first-order chi connectivity index (χ1) is 7.44. The third-order valence-electron chi connectivity index (χ3n) is 2.48. The fourth-order valence-corrected chi connectivity index (χ4v) is 2.37. The van der Waals surface area contributed by atoms with Gasteiger partial charge in [0.15, 0.2) is 0 Å². The van der Waals surface area contributed by atoms with Crippen LogP contribution in [0.15, 0.2) is 0 Å². The third kappa shape index (κ3) is 7.16. The van der Waals surface area contributed by atoms with Gasteiger partial charge in [-0.2, -0.15) is 0 Å². The molecule has 0 aliphatic heterocycles. The molecule has 0 saturated carbocycles. The lowest BCUT2D eigenvalue weighted by Gasteiger charge is -2.25. The third-order valence-corrected chi connectivity index (χ3v) is 3.51. The molecule has 0 fully saturated rings. The number of rotatable bonds is 9. The Balaban J connectivity index is 4.07. The van der Waals surface area contributed by atoms with Gasteiger partial charge in [0.25, 0.3) is 0 Å². The number of hydrogen-bond donors (Lipinski definition) is 2. The zero-order valence-corrected chi connectivity index (χ0v) is 11.2. The molecule has 3 N–H and O–H groups in total. The molecule has 98 valence electrons. The lowest BCUT2D eigenvalue weighted by atomic mass is 10.0. The Labute approximate surface area is 98.6 Å². The molecule has 0 radical (unpaired) electrons. The van der Waals surface area contributed by atoms with E-state index in [0.717, 1.165) is 6.42 Å². The maximum absolute atomic E-state index is 11.0. The summed E-state index contributed by atoms with van der Waals surface area (Å²) >= 11 is 0. The first kappa shape index (κ1) is 15.8. The van der Waals surface area contributed by atoms with Gasteiger partial charge in [0.1, 0.15) is 9.84 Å². The fourth-order valence-electron chi connectivity index (χ4n) is 1.67. The second-order valence-corrected chi connectivity index (χ2v) is 6.21. The van der Waals surface area contributed by atoms with E-state index in [1.54, 1.807) is 0 Å². The van der Waals surface area contributed by atoms with E-state index in [9.17, 15) is 8.42 Å². The van der Waals surface area contributed by atoms with Gasteiger partial charge >= 0.3 is 0 Å². The Bertz CT molecular complexity index is 267. The molecular weight excluding hydrogens is 228 g/mol. The smallest absolute Gasteiger partial charge is 0.147 e. The zero-order chi connectivity index (χ0) is 12.6. The topological polar surface area (TPSA) is 81.4 Å². The van der Waals surface area contributed by atoms with Crippen LogP contribution in [0.4, 0.5) is 0 Å². The molecule has 6 heteroatoms. The highest BCUT2D eigenvalue weighted by Gasteiger charge is 2.19. The maximum Gasteiger partial charge on any atom is 0.147 e. The molecule has 0 spiro atoms. The van der Waals surface area contributed by atoms with E-state index < -0.39 is 9.84 Å². The highest BCUT2D eigenvalue weighted by atomic mass is 32.2. The van der Waals surface area contributed by atoms with E-state index in [-0.39, 0.29) is 17.9 Å². The Morgan fingerprint density at radius 3 is 2.38 bits per heavy atom. The van der Waals surface area contributed by atoms with Gasteiger partial charge in [-0.1, -0.05) is 6.92 Å². The minimum absolute atomic E-state index is 0.0201. The quantitative estimate of drug-likeness (QED) is 0.460. The van der Waals surface area contributed by atoms with Gasteiger partial charge in [0, 0.05) is 24.7 Å². The number of sulfone groups is 1. The number of hydrazine groups is 1. The van der Waals surface area contributed by atoms with Gasteiger partial charge in [-0.3, -0.25) is 11.3 Å². The normalized spacial score (nSPS) is 16.0. The van der Waals surface area contributed by atoms with Crippen molar-refractivity contribution in [3.8, 4) is 0 Å². The lowest BCUT2D eigenvalue weighted by Crippen LogP contribution is -2.45. The SMILES string of the molecule is CCOC(CC)C(CCCS(C)(=O)=O)NN. The molecule has 0 heterocycles. The van der Waals surface area contributed by atoms with Crippen LogP contribution in [0.5, 0.6) is 0 Å². The van der Waals surface area contributed by atoms with Crippen LogP contribution < -0.4 is 11.3 Å². The summed E-state index contributed by atoms with van der Waals surface area (Å²) in [6.45, 7) is 4.61. The monoisotopic (exact) mass is 252 g/mol. The van der Waals surface area contributed by atoms with E-state index in [1.807, 2.05) is 13.8 Å². The standard InChI is InChI=1S/C10H24N2O3S/c1-4-10(15-5-2)9(12-11)7-6-8-16(3,13)14/h9-10,12H,4-8,11H2,1-3H3. The molecule has 5 nitrogen and oxygen atoms in total. The van der Waals surface area contributed by atoms with Crippen LogP contribution in [0, 0.1) is 0 Å². The Hall–Kier alpha value is -0.170. The van der Waals surface area contributed by atoms with Crippen molar-refractivity contribution in [3.63, 3.8) is 0 Å². The average molecular weight is 252 g/mol. The average Bonchev–Trinajstić information content (AvgIpc) is 2.20. The fraction of sp³-hybridized carbons (Fsp3) is 1.00. The number of hydrogen-bond acceptors (Lipinski definition) is 5. The van der Waals surface area contributed by atoms with E-state index >= 15 is 0 Å². The summed E-state index contributed by atoms with van der Waals surface area (Å²) in [6, 6.07) is 0.0201. The van der Waals surface area contributed by atoms with Crippen LogP contribution in [0.25, 0.3) is 0 Å². The van der Waals surface area contributed by atoms with Crippen LogP contribution in [0.3, 0.4) is 0 Å². The van der Waals surface area contributed by atoms with E-state index in [0.29, 0.717) is 19.4 Å². The lowest BCUT2D eigenvalue weighted by molar-refractivity contribution is 0.0295. The molecule has 2 atom stereocenters. The van der Waals surface area contributed by atoms with Crippen LogP contribution in [0.2, 0.25) is 0 Å². The van der Waals surface area contributed by atoms with Crippen molar-refractivity contribution in [2.75, 3.05) is 18.6 Å². The van der Waals surface area contributed by atoms with Crippen LogP contribution >= 0.6 is 0 Å². The van der Waals surface area contributed by atoms with Gasteiger partial charge in [0.2, 0.25) is 0 Å². The zero-order valence-electron chi connectivity index (χ0n) is 10.4. The molecule has 16 heavy (non-hydrogen) atoms. The summed E-state index contributed by atoms with van der Waals surface area (Å²) in [6.07, 6.45) is 3.48. The first-order valence-electron chi connectivity index (χ1n) is 5.70. The largest absolute Gasteiger partial charge is 0.377 e. The predicted octanol–water partition coefficient (Wildman–Crippen LogP) is 0.458. The molecule has 0 aromatic rings. The number of nitrogens with two attached hydrogens (primary N) is 1. The molecule has 2 unspecified atom stereocenters. The molecule has 0 aromatic carbocycles. The Morgan fingerprint density at radius 1 is 1.38 bits per heavy atom. The van der Waals surface area contributed by atoms with Gasteiger partial charge in [-0.15, -0.1) is 0 Å². The minimum Gasteiger partial charge on any atom is -0.377 e. The van der Waals surface area contributed by atoms with Crippen molar-refractivity contribution in [1.82, 2.24) is 5.43 Å². The van der Waals surface area contributed by atoms with Crippen molar-refractivity contribution in [2.24, 2.45) is 5.84 Å². The number of ether oxygens (including phenoxy) is 1. The van der Waals surface area contributed by atoms with Crippen LogP contribution in [-0.2, 0) is 14.6 Å². The maximum atomic E-state index is 11.0.